The molecule has 10 heteroatoms. The number of ether oxygens (including phenoxy) is 2. The highest BCUT2D eigenvalue weighted by Gasteiger charge is 2.29. The van der Waals surface area contributed by atoms with Crippen LogP contribution in [0.15, 0.2) is 70.6 Å². The van der Waals surface area contributed by atoms with Crippen LogP contribution >= 0.6 is 11.6 Å². The number of sulfonamides is 1. The van der Waals surface area contributed by atoms with Gasteiger partial charge in [0.1, 0.15) is 16.3 Å². The van der Waals surface area contributed by atoms with E-state index in [9.17, 15) is 13.5 Å². The quantitative estimate of drug-likeness (QED) is 0.529. The number of fused-ring (bicyclic) bond motifs is 1. The molecule has 0 fully saturated rings. The molecule has 3 aromatic carbocycles. The summed E-state index contributed by atoms with van der Waals surface area (Å²) in [6.45, 7) is 0.116. The van der Waals surface area contributed by atoms with Crippen LogP contribution < -0.4 is 19.5 Å². The summed E-state index contributed by atoms with van der Waals surface area (Å²) in [4.78, 5) is 4.32. The third-order valence-electron chi connectivity index (χ3n) is 4.47. The Morgan fingerprint density at radius 3 is 2.55 bits per heavy atom. The Kier molecular flexibility index (Phi) is 5.62. The van der Waals surface area contributed by atoms with Gasteiger partial charge in [0, 0.05) is 0 Å². The van der Waals surface area contributed by atoms with Gasteiger partial charge in [0.15, 0.2) is 17.2 Å². The number of aromatic hydroxyl groups is 1. The molecule has 0 atom stereocenters. The van der Waals surface area contributed by atoms with Gasteiger partial charge in [-0.05, 0) is 42.0 Å². The van der Waals surface area contributed by atoms with Crippen LogP contribution in [-0.4, -0.2) is 26.6 Å². The minimum atomic E-state index is -3.87. The van der Waals surface area contributed by atoms with Crippen LogP contribution in [0.3, 0.4) is 0 Å². The Hall–Kier alpha value is -3.43. The van der Waals surface area contributed by atoms with E-state index in [0.29, 0.717) is 22.1 Å². The summed E-state index contributed by atoms with van der Waals surface area (Å²) in [5.74, 6) is 1.01. The highest BCUT2D eigenvalue weighted by atomic mass is 35.5. The van der Waals surface area contributed by atoms with Gasteiger partial charge in [0.2, 0.25) is 5.96 Å². The van der Waals surface area contributed by atoms with Crippen molar-refractivity contribution in [2.75, 3.05) is 12.4 Å². The van der Waals surface area contributed by atoms with Crippen LogP contribution in [0.5, 0.6) is 23.0 Å². The second-order valence-corrected chi connectivity index (χ2v) is 8.62. The van der Waals surface area contributed by atoms with Crippen molar-refractivity contribution in [3.63, 3.8) is 0 Å². The van der Waals surface area contributed by atoms with Crippen molar-refractivity contribution < 1.29 is 23.0 Å². The molecule has 160 valence electrons. The van der Waals surface area contributed by atoms with Crippen molar-refractivity contribution in [1.29, 1.82) is 0 Å². The zero-order chi connectivity index (χ0) is 22.0. The first kappa shape index (κ1) is 20.8. The molecule has 3 aromatic rings. The monoisotopic (exact) mass is 459 g/mol. The number of hydrogen-bond acceptors (Lipinski definition) is 6. The van der Waals surface area contributed by atoms with E-state index in [-0.39, 0.29) is 34.6 Å². The van der Waals surface area contributed by atoms with Gasteiger partial charge in [0.25, 0.3) is 10.0 Å². The SMILES string of the molecule is COc1ccc(CN=C2Nc3c(Oc4ccccc4Cl)cccc3S(=O)(=O)N2)cc1O. The first-order valence-electron chi connectivity index (χ1n) is 9.13. The summed E-state index contributed by atoms with van der Waals surface area (Å²) in [6, 6.07) is 16.4. The number of methoxy groups -OCH3 is 1. The van der Waals surface area contributed by atoms with Gasteiger partial charge in [-0.25, -0.2) is 18.1 Å². The molecule has 0 spiro atoms. The third-order valence-corrected chi connectivity index (χ3v) is 6.17. The minimum absolute atomic E-state index is 0.0259. The van der Waals surface area contributed by atoms with Gasteiger partial charge in [-0.1, -0.05) is 35.9 Å². The van der Waals surface area contributed by atoms with Crippen molar-refractivity contribution in [3.8, 4) is 23.0 Å². The number of para-hydroxylation sites is 2. The molecule has 0 aromatic heterocycles. The molecular weight excluding hydrogens is 442 g/mol. The molecule has 8 nitrogen and oxygen atoms in total. The zero-order valence-corrected chi connectivity index (χ0v) is 17.9. The largest absolute Gasteiger partial charge is 0.504 e. The van der Waals surface area contributed by atoms with Gasteiger partial charge < -0.3 is 19.9 Å². The fourth-order valence-corrected chi connectivity index (χ4v) is 4.32. The average molecular weight is 460 g/mol. The third kappa shape index (κ3) is 4.37. The normalized spacial score (nSPS) is 15.5. The maximum absolute atomic E-state index is 12.7. The maximum atomic E-state index is 12.7. The molecule has 3 N–H and O–H groups in total. The lowest BCUT2D eigenvalue weighted by Gasteiger charge is -2.23. The molecule has 1 aliphatic rings. The number of benzene rings is 3. The smallest absolute Gasteiger partial charge is 0.266 e. The molecule has 0 radical (unpaired) electrons. The zero-order valence-electron chi connectivity index (χ0n) is 16.3. The van der Waals surface area contributed by atoms with Crippen LogP contribution in [0, 0.1) is 0 Å². The number of phenols is 1. The van der Waals surface area contributed by atoms with Gasteiger partial charge in [0.05, 0.1) is 18.7 Å². The Labute approximate surface area is 184 Å². The molecule has 0 unspecified atom stereocenters. The minimum Gasteiger partial charge on any atom is -0.504 e. The molecule has 31 heavy (non-hydrogen) atoms. The second kappa shape index (κ2) is 8.37. The van der Waals surface area contributed by atoms with Crippen LogP contribution in [0.2, 0.25) is 5.02 Å². The van der Waals surface area contributed by atoms with Gasteiger partial charge in [-0.15, -0.1) is 0 Å². The highest BCUT2D eigenvalue weighted by molar-refractivity contribution is 7.90. The van der Waals surface area contributed by atoms with E-state index >= 15 is 0 Å². The Morgan fingerprint density at radius 1 is 1.03 bits per heavy atom. The van der Waals surface area contributed by atoms with Crippen molar-refractivity contribution >= 4 is 33.3 Å². The van der Waals surface area contributed by atoms with Crippen molar-refractivity contribution in [2.24, 2.45) is 4.99 Å². The molecule has 0 amide bonds. The molecular formula is C21H18ClN3O5S. The van der Waals surface area contributed by atoms with Crippen LogP contribution in [-0.2, 0) is 16.6 Å². The summed E-state index contributed by atoms with van der Waals surface area (Å²) in [6.07, 6.45) is 0. The molecule has 0 aliphatic carbocycles. The highest BCUT2D eigenvalue weighted by Crippen LogP contribution is 2.38. The van der Waals surface area contributed by atoms with Crippen molar-refractivity contribution in [1.82, 2.24) is 4.72 Å². The first-order chi connectivity index (χ1) is 14.9. The predicted octanol–water partition coefficient (Wildman–Crippen LogP) is 4.11. The number of anilines is 1. The maximum Gasteiger partial charge on any atom is 0.266 e. The van der Waals surface area contributed by atoms with Gasteiger partial charge in [-0.2, -0.15) is 0 Å². The number of aliphatic imine (C=N–C) groups is 1. The number of phenolic OH excluding ortho intramolecular Hbond substituents is 1. The molecule has 4 rings (SSSR count). The second-order valence-electron chi connectivity index (χ2n) is 6.56. The number of nitrogens with zero attached hydrogens (tertiary/aromatic N) is 1. The van der Waals surface area contributed by atoms with E-state index < -0.39 is 10.0 Å². The Balaban J connectivity index is 1.65. The molecule has 0 saturated heterocycles. The van der Waals surface area contributed by atoms with E-state index in [1.165, 1.54) is 19.2 Å². The molecule has 1 aliphatic heterocycles. The predicted molar refractivity (Wildman–Crippen MR) is 118 cm³/mol. The molecule has 0 bridgehead atoms. The van der Waals surface area contributed by atoms with E-state index in [1.54, 1.807) is 48.5 Å². The van der Waals surface area contributed by atoms with Crippen LogP contribution in [0.25, 0.3) is 0 Å². The standard InChI is InChI=1S/C21H18ClN3O5S/c1-29-17-10-9-13(11-15(17)26)12-23-21-24-20-18(30-16-6-3-2-5-14(16)22)7-4-8-19(20)31(27,28)25-21/h2-11,26H,12H2,1H3,(H2,23,24,25). The summed E-state index contributed by atoms with van der Waals surface area (Å²) >= 11 is 6.16. The lowest BCUT2D eigenvalue weighted by atomic mass is 10.2. The summed E-state index contributed by atoms with van der Waals surface area (Å²) in [5, 5.41) is 13.3. The number of rotatable bonds is 5. The summed E-state index contributed by atoms with van der Waals surface area (Å²) < 4.78 is 38.8. The van der Waals surface area contributed by atoms with Crippen molar-refractivity contribution in [3.05, 3.63) is 71.2 Å². The molecule has 0 saturated carbocycles. The number of hydrogen-bond donors (Lipinski definition) is 3. The van der Waals surface area contributed by atoms with Crippen molar-refractivity contribution in [2.45, 2.75) is 11.4 Å². The topological polar surface area (TPSA) is 109 Å². The van der Waals surface area contributed by atoms with E-state index in [2.05, 4.69) is 15.0 Å². The Bertz CT molecular complexity index is 1280. The van der Waals surface area contributed by atoms with Crippen LogP contribution in [0.4, 0.5) is 5.69 Å². The number of nitrogens with one attached hydrogen (secondary N) is 2. The first-order valence-corrected chi connectivity index (χ1v) is 11.0. The van der Waals surface area contributed by atoms with Crippen LogP contribution in [0.1, 0.15) is 5.56 Å². The summed E-state index contributed by atoms with van der Waals surface area (Å²) in [7, 11) is -2.41. The summed E-state index contributed by atoms with van der Waals surface area (Å²) in [5.41, 5.74) is 0.913. The fourth-order valence-electron chi connectivity index (χ4n) is 2.99. The molecule has 1 heterocycles. The van der Waals surface area contributed by atoms with E-state index in [4.69, 9.17) is 21.1 Å². The van der Waals surface area contributed by atoms with Gasteiger partial charge >= 0.3 is 0 Å². The lowest BCUT2D eigenvalue weighted by Crippen LogP contribution is -2.40. The van der Waals surface area contributed by atoms with E-state index in [1.807, 2.05) is 0 Å². The fraction of sp³-hybridized carbons (Fsp3) is 0.0952. The number of guanidine groups is 1. The average Bonchev–Trinajstić information content (AvgIpc) is 2.74. The van der Waals surface area contributed by atoms with Gasteiger partial charge in [-0.3, -0.25) is 0 Å². The Morgan fingerprint density at radius 2 is 1.81 bits per heavy atom. The lowest BCUT2D eigenvalue weighted by molar-refractivity contribution is 0.373. The number of halogens is 1. The van der Waals surface area contributed by atoms with E-state index in [0.717, 1.165) is 0 Å².